The molecule has 1 amide bonds. The van der Waals surface area contributed by atoms with E-state index in [4.69, 9.17) is 4.74 Å². The van der Waals surface area contributed by atoms with Crippen LogP contribution in [-0.2, 0) is 24.2 Å². The van der Waals surface area contributed by atoms with Crippen molar-refractivity contribution in [2.24, 2.45) is 0 Å². The summed E-state index contributed by atoms with van der Waals surface area (Å²) in [6.45, 7) is 2.43. The van der Waals surface area contributed by atoms with E-state index in [-0.39, 0.29) is 18.3 Å². The van der Waals surface area contributed by atoms with Crippen LogP contribution in [0.1, 0.15) is 16.7 Å². The SMILES string of the molecule is O=C(COc1ccc(F)cc1)NCCc1ccc(N2CCc3ccccc3C2)cc1. The molecule has 0 radical (unpaired) electrons. The third-order valence-corrected chi connectivity index (χ3v) is 5.35. The van der Waals surface area contributed by atoms with E-state index in [1.807, 2.05) is 0 Å². The van der Waals surface area contributed by atoms with Crippen molar-refractivity contribution in [1.82, 2.24) is 5.32 Å². The second-order valence-corrected chi connectivity index (χ2v) is 7.45. The Balaban J connectivity index is 1.21. The van der Waals surface area contributed by atoms with Crippen LogP contribution in [0.3, 0.4) is 0 Å². The molecule has 0 unspecified atom stereocenters. The Morgan fingerprint density at radius 1 is 0.967 bits per heavy atom. The molecule has 0 aromatic heterocycles. The van der Waals surface area contributed by atoms with E-state index in [1.165, 1.54) is 46.6 Å². The highest BCUT2D eigenvalue weighted by Gasteiger charge is 2.15. The molecule has 0 saturated heterocycles. The highest BCUT2D eigenvalue weighted by atomic mass is 19.1. The van der Waals surface area contributed by atoms with Crippen LogP contribution >= 0.6 is 0 Å². The molecule has 0 fully saturated rings. The first-order valence-corrected chi connectivity index (χ1v) is 10.2. The van der Waals surface area contributed by atoms with E-state index >= 15 is 0 Å². The summed E-state index contributed by atoms with van der Waals surface area (Å²) in [6.07, 6.45) is 1.83. The van der Waals surface area contributed by atoms with Crippen molar-refractivity contribution in [1.29, 1.82) is 0 Å². The first-order valence-electron chi connectivity index (χ1n) is 10.2. The fourth-order valence-electron chi connectivity index (χ4n) is 3.67. The average molecular weight is 404 g/mol. The summed E-state index contributed by atoms with van der Waals surface area (Å²) in [7, 11) is 0. The number of amides is 1. The zero-order valence-electron chi connectivity index (χ0n) is 16.8. The summed E-state index contributed by atoms with van der Waals surface area (Å²) < 4.78 is 18.2. The molecule has 4 nitrogen and oxygen atoms in total. The van der Waals surface area contributed by atoms with Gasteiger partial charge in [-0.25, -0.2) is 4.39 Å². The van der Waals surface area contributed by atoms with Crippen molar-refractivity contribution >= 4 is 11.6 Å². The molecule has 3 aromatic rings. The number of rotatable bonds is 7. The molecule has 0 saturated carbocycles. The Morgan fingerprint density at radius 2 is 1.70 bits per heavy atom. The van der Waals surface area contributed by atoms with Gasteiger partial charge in [-0.3, -0.25) is 4.79 Å². The van der Waals surface area contributed by atoms with Crippen LogP contribution < -0.4 is 15.0 Å². The quantitative estimate of drug-likeness (QED) is 0.644. The van der Waals surface area contributed by atoms with Crippen LogP contribution in [0.4, 0.5) is 10.1 Å². The van der Waals surface area contributed by atoms with Crippen LogP contribution in [0, 0.1) is 5.82 Å². The van der Waals surface area contributed by atoms with Crippen molar-refractivity contribution in [3.63, 3.8) is 0 Å². The highest BCUT2D eigenvalue weighted by Crippen LogP contribution is 2.24. The minimum atomic E-state index is -0.331. The van der Waals surface area contributed by atoms with Crippen LogP contribution in [-0.4, -0.2) is 25.6 Å². The highest BCUT2D eigenvalue weighted by molar-refractivity contribution is 5.77. The van der Waals surface area contributed by atoms with Gasteiger partial charge in [-0.05, 0) is 65.9 Å². The Labute approximate surface area is 176 Å². The third kappa shape index (κ3) is 5.17. The molecule has 1 heterocycles. The molecule has 5 heteroatoms. The fraction of sp³-hybridized carbons (Fsp3) is 0.240. The Morgan fingerprint density at radius 3 is 2.47 bits per heavy atom. The minimum Gasteiger partial charge on any atom is -0.484 e. The maximum absolute atomic E-state index is 12.9. The zero-order chi connectivity index (χ0) is 20.8. The van der Waals surface area contributed by atoms with E-state index in [0.717, 1.165) is 25.9 Å². The lowest BCUT2D eigenvalue weighted by Gasteiger charge is -2.30. The number of carbonyl (C=O) groups is 1. The molecule has 3 aromatic carbocycles. The standard InChI is InChI=1S/C25H25FN2O2/c26-22-7-11-24(12-8-22)30-18-25(29)27-15-13-19-5-9-23(10-6-19)28-16-14-20-3-1-2-4-21(20)17-28/h1-12H,13-18H2,(H,27,29). The molecule has 0 aliphatic carbocycles. The predicted molar refractivity (Wildman–Crippen MR) is 116 cm³/mol. The largest absolute Gasteiger partial charge is 0.484 e. The lowest BCUT2D eigenvalue weighted by molar-refractivity contribution is -0.123. The zero-order valence-corrected chi connectivity index (χ0v) is 16.8. The van der Waals surface area contributed by atoms with Crippen LogP contribution in [0.15, 0.2) is 72.8 Å². The summed E-state index contributed by atoms with van der Waals surface area (Å²) in [5.74, 6) is -0.0478. The Bertz CT molecular complexity index is 987. The number of hydrogen-bond donors (Lipinski definition) is 1. The van der Waals surface area contributed by atoms with Crippen LogP contribution in [0.5, 0.6) is 5.75 Å². The first kappa shape index (κ1) is 20.0. The molecular formula is C25H25FN2O2. The van der Waals surface area contributed by atoms with Gasteiger partial charge in [-0.15, -0.1) is 0 Å². The number of nitrogens with one attached hydrogen (secondary N) is 1. The number of benzene rings is 3. The Kier molecular flexibility index (Phi) is 6.28. The molecule has 1 aliphatic heterocycles. The van der Waals surface area contributed by atoms with Gasteiger partial charge < -0.3 is 15.0 Å². The van der Waals surface area contributed by atoms with Crippen molar-refractivity contribution in [2.45, 2.75) is 19.4 Å². The second kappa shape index (κ2) is 9.44. The van der Waals surface area contributed by atoms with Crippen LogP contribution in [0.25, 0.3) is 0 Å². The number of ether oxygens (including phenoxy) is 1. The molecule has 4 rings (SSSR count). The van der Waals surface area contributed by atoms with Gasteiger partial charge in [0, 0.05) is 25.3 Å². The maximum Gasteiger partial charge on any atom is 0.257 e. The molecule has 0 spiro atoms. The maximum atomic E-state index is 12.9. The predicted octanol–water partition coefficient (Wildman–Crippen LogP) is 4.13. The van der Waals surface area contributed by atoms with Gasteiger partial charge in [0.1, 0.15) is 11.6 Å². The smallest absolute Gasteiger partial charge is 0.257 e. The summed E-state index contributed by atoms with van der Waals surface area (Å²) >= 11 is 0. The molecule has 1 aliphatic rings. The van der Waals surface area contributed by atoms with Gasteiger partial charge in [0.2, 0.25) is 0 Å². The molecule has 30 heavy (non-hydrogen) atoms. The molecule has 0 atom stereocenters. The van der Waals surface area contributed by atoms with Crippen molar-refractivity contribution in [3.05, 3.63) is 95.3 Å². The topological polar surface area (TPSA) is 41.6 Å². The number of carbonyl (C=O) groups excluding carboxylic acids is 1. The van der Waals surface area contributed by atoms with Gasteiger partial charge in [0.05, 0.1) is 0 Å². The van der Waals surface area contributed by atoms with Gasteiger partial charge in [0.25, 0.3) is 5.91 Å². The third-order valence-electron chi connectivity index (χ3n) is 5.35. The molecule has 1 N–H and O–H groups in total. The van der Waals surface area contributed by atoms with Gasteiger partial charge in [0.15, 0.2) is 6.61 Å². The van der Waals surface area contributed by atoms with Crippen molar-refractivity contribution < 1.29 is 13.9 Å². The van der Waals surface area contributed by atoms with E-state index in [1.54, 1.807) is 0 Å². The van der Waals surface area contributed by atoms with E-state index < -0.39 is 0 Å². The second-order valence-electron chi connectivity index (χ2n) is 7.45. The molecule has 0 bridgehead atoms. The number of anilines is 1. The molecular weight excluding hydrogens is 379 g/mol. The summed E-state index contributed by atoms with van der Waals surface area (Å²) in [4.78, 5) is 14.3. The van der Waals surface area contributed by atoms with E-state index in [9.17, 15) is 9.18 Å². The lowest BCUT2D eigenvalue weighted by atomic mass is 9.99. The first-order chi connectivity index (χ1) is 14.7. The summed E-state index contributed by atoms with van der Waals surface area (Å²) in [6, 6.07) is 22.8. The lowest BCUT2D eigenvalue weighted by Crippen LogP contribution is -2.31. The van der Waals surface area contributed by atoms with Gasteiger partial charge in [-0.2, -0.15) is 0 Å². The average Bonchev–Trinajstić information content (AvgIpc) is 2.79. The minimum absolute atomic E-state index is 0.0823. The van der Waals surface area contributed by atoms with Gasteiger partial charge >= 0.3 is 0 Å². The van der Waals surface area contributed by atoms with Gasteiger partial charge in [-0.1, -0.05) is 36.4 Å². The fourth-order valence-corrected chi connectivity index (χ4v) is 3.67. The van der Waals surface area contributed by atoms with Crippen LogP contribution in [0.2, 0.25) is 0 Å². The summed E-state index contributed by atoms with van der Waals surface area (Å²) in [5.41, 5.74) is 5.25. The number of fused-ring (bicyclic) bond motifs is 1. The number of hydrogen-bond acceptors (Lipinski definition) is 3. The van der Waals surface area contributed by atoms with E-state index in [0.29, 0.717) is 12.3 Å². The Hall–Kier alpha value is -3.34. The number of halogens is 1. The molecule has 154 valence electrons. The van der Waals surface area contributed by atoms with Crippen molar-refractivity contribution in [2.75, 3.05) is 24.6 Å². The monoisotopic (exact) mass is 404 g/mol. The van der Waals surface area contributed by atoms with E-state index in [2.05, 4.69) is 58.7 Å². The number of nitrogens with zero attached hydrogens (tertiary/aromatic N) is 1. The summed E-state index contributed by atoms with van der Waals surface area (Å²) in [5, 5.41) is 2.85. The normalized spacial score (nSPS) is 12.9. The van der Waals surface area contributed by atoms with Crippen molar-refractivity contribution in [3.8, 4) is 5.75 Å².